The zero-order valence-electron chi connectivity index (χ0n) is 16.3. The lowest BCUT2D eigenvalue weighted by Gasteiger charge is -2.14. The molecule has 0 saturated heterocycles. The molecule has 1 heterocycles. The SMILES string of the molecule is O=C(CCc1ccc(C(F)(F)F)cc1)Nc1cnc(-c2ccc(O)cc2)c(C(F)(F)F)c1. The smallest absolute Gasteiger partial charge is 0.418 e. The summed E-state index contributed by atoms with van der Waals surface area (Å²) in [6, 6.07) is 10.1. The number of rotatable bonds is 5. The number of hydrogen-bond acceptors (Lipinski definition) is 3. The van der Waals surface area contributed by atoms with E-state index in [1.165, 1.54) is 36.4 Å². The minimum absolute atomic E-state index is 0.106. The second-order valence-electron chi connectivity index (χ2n) is 6.91. The fourth-order valence-electron chi connectivity index (χ4n) is 2.94. The molecular formula is C22H16F6N2O2. The number of alkyl halides is 6. The number of aromatic nitrogens is 1. The first-order valence-corrected chi connectivity index (χ1v) is 9.26. The zero-order valence-corrected chi connectivity index (χ0v) is 16.3. The summed E-state index contributed by atoms with van der Waals surface area (Å²) in [6.07, 6.45) is -8.18. The van der Waals surface area contributed by atoms with Gasteiger partial charge in [-0.2, -0.15) is 26.3 Å². The number of carbonyl (C=O) groups excluding carboxylic acids is 1. The van der Waals surface area contributed by atoms with Crippen LogP contribution in [0.25, 0.3) is 11.3 Å². The normalized spacial score (nSPS) is 11.9. The van der Waals surface area contributed by atoms with Crippen molar-refractivity contribution in [2.45, 2.75) is 25.2 Å². The number of pyridine rings is 1. The van der Waals surface area contributed by atoms with Gasteiger partial charge in [-0.25, -0.2) is 0 Å². The summed E-state index contributed by atoms with van der Waals surface area (Å²) in [5.41, 5.74) is -1.80. The number of aryl methyl sites for hydroxylation is 1. The molecule has 0 radical (unpaired) electrons. The summed E-state index contributed by atoms with van der Waals surface area (Å²) in [6.45, 7) is 0. The Kier molecular flexibility index (Phi) is 6.42. The Labute approximate surface area is 178 Å². The van der Waals surface area contributed by atoms with Crippen LogP contribution in [0.5, 0.6) is 5.75 Å². The predicted octanol–water partition coefficient (Wildman–Crippen LogP) is 6.06. The maximum atomic E-state index is 13.5. The fourth-order valence-corrected chi connectivity index (χ4v) is 2.94. The highest BCUT2D eigenvalue weighted by molar-refractivity contribution is 5.91. The highest BCUT2D eigenvalue weighted by Crippen LogP contribution is 2.37. The summed E-state index contributed by atoms with van der Waals surface area (Å²) >= 11 is 0. The van der Waals surface area contributed by atoms with E-state index in [4.69, 9.17) is 0 Å². The Balaban J connectivity index is 1.71. The van der Waals surface area contributed by atoms with Crippen molar-refractivity contribution in [1.82, 2.24) is 4.98 Å². The molecule has 0 bridgehead atoms. The lowest BCUT2D eigenvalue weighted by Crippen LogP contribution is -2.15. The van der Waals surface area contributed by atoms with E-state index in [1.807, 2.05) is 0 Å². The van der Waals surface area contributed by atoms with Crippen LogP contribution in [0, 0.1) is 0 Å². The number of phenols is 1. The largest absolute Gasteiger partial charge is 0.508 e. The summed E-state index contributed by atoms with van der Waals surface area (Å²) in [7, 11) is 0. The van der Waals surface area contributed by atoms with E-state index in [9.17, 15) is 36.2 Å². The molecule has 0 aliphatic heterocycles. The number of halogens is 6. The Morgan fingerprint density at radius 1 is 0.906 bits per heavy atom. The highest BCUT2D eigenvalue weighted by atomic mass is 19.4. The molecule has 0 unspecified atom stereocenters. The van der Waals surface area contributed by atoms with Crippen LogP contribution in [0.1, 0.15) is 23.1 Å². The summed E-state index contributed by atoms with van der Waals surface area (Å²) in [5.74, 6) is -0.726. The third-order valence-electron chi connectivity index (χ3n) is 4.54. The number of phenolic OH excluding ortho intramolecular Hbond substituents is 1. The van der Waals surface area contributed by atoms with Gasteiger partial charge in [0.15, 0.2) is 0 Å². The first-order valence-electron chi connectivity index (χ1n) is 9.26. The van der Waals surface area contributed by atoms with Gasteiger partial charge in [-0.05, 0) is 54.4 Å². The van der Waals surface area contributed by atoms with Gasteiger partial charge in [0.25, 0.3) is 0 Å². The molecule has 168 valence electrons. The van der Waals surface area contributed by atoms with Crippen molar-refractivity contribution >= 4 is 11.6 Å². The second-order valence-corrected chi connectivity index (χ2v) is 6.91. The molecule has 2 aromatic carbocycles. The minimum Gasteiger partial charge on any atom is -0.508 e. The van der Waals surface area contributed by atoms with Crippen LogP contribution in [0.3, 0.4) is 0 Å². The number of nitrogens with one attached hydrogen (secondary N) is 1. The molecule has 10 heteroatoms. The second kappa shape index (κ2) is 8.89. The van der Waals surface area contributed by atoms with Gasteiger partial charge in [-0.3, -0.25) is 9.78 Å². The minimum atomic E-state index is -4.75. The number of benzene rings is 2. The van der Waals surface area contributed by atoms with Crippen molar-refractivity contribution < 1.29 is 36.2 Å². The number of hydrogen-bond donors (Lipinski definition) is 2. The van der Waals surface area contributed by atoms with E-state index < -0.39 is 29.4 Å². The van der Waals surface area contributed by atoms with E-state index in [0.717, 1.165) is 24.4 Å². The quantitative estimate of drug-likeness (QED) is 0.461. The van der Waals surface area contributed by atoms with Crippen LogP contribution in [0.15, 0.2) is 60.8 Å². The number of nitrogens with zero attached hydrogens (tertiary/aromatic N) is 1. The van der Waals surface area contributed by atoms with Gasteiger partial charge in [-0.15, -0.1) is 0 Å². The van der Waals surface area contributed by atoms with Crippen molar-refractivity contribution in [3.63, 3.8) is 0 Å². The summed E-state index contributed by atoms with van der Waals surface area (Å²) in [5, 5.41) is 11.6. The lowest BCUT2D eigenvalue weighted by atomic mass is 10.0. The first-order chi connectivity index (χ1) is 14.9. The molecule has 0 fully saturated rings. The Morgan fingerprint density at radius 3 is 2.09 bits per heavy atom. The predicted molar refractivity (Wildman–Crippen MR) is 105 cm³/mol. The van der Waals surface area contributed by atoms with Crippen molar-refractivity contribution in [3.8, 4) is 17.0 Å². The monoisotopic (exact) mass is 454 g/mol. The van der Waals surface area contributed by atoms with Crippen LogP contribution < -0.4 is 5.32 Å². The molecule has 3 aromatic rings. The fraction of sp³-hybridized carbons (Fsp3) is 0.182. The summed E-state index contributed by atoms with van der Waals surface area (Å²) < 4.78 is 78.4. The van der Waals surface area contributed by atoms with Crippen LogP contribution in [0.4, 0.5) is 32.0 Å². The molecular weight excluding hydrogens is 438 g/mol. The molecule has 0 spiro atoms. The zero-order chi connectivity index (χ0) is 23.5. The molecule has 2 N–H and O–H groups in total. The average molecular weight is 454 g/mol. The van der Waals surface area contributed by atoms with Crippen LogP contribution in [-0.2, 0) is 23.6 Å². The van der Waals surface area contributed by atoms with Crippen molar-refractivity contribution in [1.29, 1.82) is 0 Å². The van der Waals surface area contributed by atoms with Gasteiger partial charge in [-0.1, -0.05) is 12.1 Å². The Bertz CT molecular complexity index is 1090. The van der Waals surface area contributed by atoms with E-state index in [1.54, 1.807) is 0 Å². The molecule has 3 rings (SSSR count). The average Bonchev–Trinajstić information content (AvgIpc) is 2.72. The maximum Gasteiger partial charge on any atom is 0.418 e. The third-order valence-corrected chi connectivity index (χ3v) is 4.54. The first kappa shape index (κ1) is 23.1. The number of carbonyl (C=O) groups is 1. The van der Waals surface area contributed by atoms with Crippen molar-refractivity contribution in [2.75, 3.05) is 5.32 Å². The van der Waals surface area contributed by atoms with Crippen LogP contribution >= 0.6 is 0 Å². The standard InChI is InChI=1S/C22H16F6N2O2/c23-21(24,25)15-6-1-13(2-7-15)3-10-19(32)30-16-11-18(22(26,27)28)20(29-12-16)14-4-8-17(31)9-5-14/h1-2,4-9,11-12,31H,3,10H2,(H,30,32). The van der Waals surface area contributed by atoms with Gasteiger partial charge < -0.3 is 10.4 Å². The lowest BCUT2D eigenvalue weighted by molar-refractivity contribution is -0.138. The molecule has 0 aliphatic rings. The van der Waals surface area contributed by atoms with E-state index in [0.29, 0.717) is 5.56 Å². The molecule has 1 aromatic heterocycles. The van der Waals surface area contributed by atoms with Crippen LogP contribution in [0.2, 0.25) is 0 Å². The van der Waals surface area contributed by atoms with E-state index in [-0.39, 0.29) is 35.5 Å². The third kappa shape index (κ3) is 5.77. The van der Waals surface area contributed by atoms with Gasteiger partial charge in [0.05, 0.1) is 28.7 Å². The van der Waals surface area contributed by atoms with Crippen molar-refractivity contribution in [3.05, 3.63) is 77.5 Å². The Morgan fingerprint density at radius 2 is 1.53 bits per heavy atom. The molecule has 1 amide bonds. The van der Waals surface area contributed by atoms with Crippen molar-refractivity contribution in [2.24, 2.45) is 0 Å². The molecule has 0 aliphatic carbocycles. The van der Waals surface area contributed by atoms with Gasteiger partial charge in [0.1, 0.15) is 5.75 Å². The highest BCUT2D eigenvalue weighted by Gasteiger charge is 2.35. The number of aromatic hydroxyl groups is 1. The molecule has 4 nitrogen and oxygen atoms in total. The maximum absolute atomic E-state index is 13.5. The van der Waals surface area contributed by atoms with Crippen LogP contribution in [-0.4, -0.2) is 16.0 Å². The van der Waals surface area contributed by atoms with E-state index >= 15 is 0 Å². The molecule has 32 heavy (non-hydrogen) atoms. The van der Waals surface area contributed by atoms with Gasteiger partial charge in [0, 0.05) is 12.0 Å². The Hall–Kier alpha value is -3.56. The number of anilines is 1. The van der Waals surface area contributed by atoms with Gasteiger partial charge in [0.2, 0.25) is 5.91 Å². The topological polar surface area (TPSA) is 62.2 Å². The molecule has 0 atom stereocenters. The summed E-state index contributed by atoms with van der Waals surface area (Å²) in [4.78, 5) is 16.0. The molecule has 0 saturated carbocycles. The number of amides is 1. The van der Waals surface area contributed by atoms with Gasteiger partial charge >= 0.3 is 12.4 Å². The van der Waals surface area contributed by atoms with E-state index in [2.05, 4.69) is 10.3 Å².